The smallest absolute Gasteiger partial charge is 0.341 e. The van der Waals surface area contributed by atoms with Crippen LogP contribution in [0.5, 0.6) is 5.75 Å². The number of hydrogen-bond donors (Lipinski definition) is 2. The van der Waals surface area contributed by atoms with Gasteiger partial charge in [0.1, 0.15) is 5.75 Å². The van der Waals surface area contributed by atoms with Crippen LogP contribution in [0, 0.1) is 0 Å². The first-order valence-electron chi connectivity index (χ1n) is 10.4. The molecule has 2 heterocycles. The molecule has 2 aromatic carbocycles. The Hall–Kier alpha value is -3.74. The molecule has 31 heavy (non-hydrogen) atoms. The summed E-state index contributed by atoms with van der Waals surface area (Å²) < 4.78 is 10.7. The number of hydrogen-bond acceptors (Lipinski definition) is 4. The van der Waals surface area contributed by atoms with E-state index in [4.69, 9.17) is 9.47 Å². The average Bonchev–Trinajstić information content (AvgIpc) is 3.02. The van der Waals surface area contributed by atoms with Crippen LogP contribution in [0.3, 0.4) is 0 Å². The summed E-state index contributed by atoms with van der Waals surface area (Å²) in [6.45, 7) is 4.94. The summed E-state index contributed by atoms with van der Waals surface area (Å²) in [5.41, 5.74) is 3.65. The Labute approximate surface area is 180 Å². The number of amides is 2. The van der Waals surface area contributed by atoms with E-state index in [0.29, 0.717) is 36.5 Å². The molecule has 0 atom stereocenters. The van der Waals surface area contributed by atoms with Gasteiger partial charge in [0.25, 0.3) is 0 Å². The molecule has 0 spiro atoms. The molecule has 0 bridgehead atoms. The van der Waals surface area contributed by atoms with Gasteiger partial charge in [0.05, 0.1) is 24.5 Å². The third-order valence-corrected chi connectivity index (χ3v) is 5.14. The lowest BCUT2D eigenvalue weighted by Crippen LogP contribution is -2.32. The molecule has 7 heteroatoms. The quantitative estimate of drug-likeness (QED) is 0.594. The number of aromatic nitrogens is 1. The number of benzene rings is 2. The van der Waals surface area contributed by atoms with Gasteiger partial charge < -0.3 is 19.8 Å². The van der Waals surface area contributed by atoms with Crippen LogP contribution in [-0.4, -0.2) is 41.6 Å². The van der Waals surface area contributed by atoms with Crippen molar-refractivity contribution in [3.63, 3.8) is 0 Å². The zero-order valence-corrected chi connectivity index (χ0v) is 17.6. The number of urea groups is 1. The highest BCUT2D eigenvalue weighted by Gasteiger charge is 2.27. The summed E-state index contributed by atoms with van der Waals surface area (Å²) in [6.07, 6.45) is 2.18. The molecule has 2 amide bonds. The number of para-hydroxylation sites is 1. The van der Waals surface area contributed by atoms with Crippen LogP contribution < -0.4 is 10.1 Å². The normalized spacial score (nSPS) is 13.2. The lowest BCUT2D eigenvalue weighted by Gasteiger charge is -2.18. The van der Waals surface area contributed by atoms with Gasteiger partial charge in [-0.1, -0.05) is 18.2 Å². The first-order chi connectivity index (χ1) is 15.1. The van der Waals surface area contributed by atoms with Gasteiger partial charge in [-0.2, -0.15) is 0 Å². The van der Waals surface area contributed by atoms with E-state index in [1.807, 2.05) is 31.2 Å². The Morgan fingerprint density at radius 2 is 1.84 bits per heavy atom. The van der Waals surface area contributed by atoms with Crippen LogP contribution in [0.15, 0.2) is 54.7 Å². The predicted octanol–water partition coefficient (Wildman–Crippen LogP) is 4.56. The molecule has 0 saturated carbocycles. The van der Waals surface area contributed by atoms with Gasteiger partial charge in [0.15, 0.2) is 0 Å². The highest BCUT2D eigenvalue weighted by molar-refractivity contribution is 6.18. The van der Waals surface area contributed by atoms with Crippen LogP contribution >= 0.6 is 0 Å². The molecule has 160 valence electrons. The SMILES string of the molecule is CCOC(=O)C1=CN(C(=O)Nc2ccc(OCC)cc2)CCc2c1[nH]c1ccccc21. The van der Waals surface area contributed by atoms with Crippen molar-refractivity contribution in [1.82, 2.24) is 9.88 Å². The molecule has 0 saturated heterocycles. The number of nitrogens with zero attached hydrogens (tertiary/aromatic N) is 1. The van der Waals surface area contributed by atoms with Crippen molar-refractivity contribution in [2.24, 2.45) is 0 Å². The first-order valence-corrected chi connectivity index (χ1v) is 10.4. The maximum Gasteiger partial charge on any atom is 0.341 e. The van der Waals surface area contributed by atoms with Gasteiger partial charge in [-0.15, -0.1) is 0 Å². The minimum atomic E-state index is -0.462. The molecule has 4 rings (SSSR count). The number of ether oxygens (including phenoxy) is 2. The standard InChI is InChI=1S/C24H25N3O4/c1-3-30-17-11-9-16(10-12-17)25-24(29)27-14-13-19-18-7-5-6-8-21(18)26-22(19)20(15-27)23(28)31-4-2/h5-12,15,26H,3-4,13-14H2,1-2H3,(H,25,29). The summed E-state index contributed by atoms with van der Waals surface area (Å²) >= 11 is 0. The van der Waals surface area contributed by atoms with Gasteiger partial charge in [-0.05, 0) is 56.2 Å². The summed E-state index contributed by atoms with van der Waals surface area (Å²) in [5, 5.41) is 3.92. The number of fused-ring (bicyclic) bond motifs is 3. The third-order valence-electron chi connectivity index (χ3n) is 5.14. The Morgan fingerprint density at radius 3 is 2.58 bits per heavy atom. The Morgan fingerprint density at radius 1 is 1.06 bits per heavy atom. The summed E-state index contributed by atoms with van der Waals surface area (Å²) in [6, 6.07) is 14.8. The lowest BCUT2D eigenvalue weighted by atomic mass is 10.0. The monoisotopic (exact) mass is 419 g/mol. The predicted molar refractivity (Wildman–Crippen MR) is 120 cm³/mol. The third kappa shape index (κ3) is 4.26. The van der Waals surface area contributed by atoms with Crippen molar-refractivity contribution in [2.45, 2.75) is 20.3 Å². The largest absolute Gasteiger partial charge is 0.494 e. The lowest BCUT2D eigenvalue weighted by molar-refractivity contribution is -0.136. The van der Waals surface area contributed by atoms with Crippen molar-refractivity contribution in [3.8, 4) is 5.75 Å². The average molecular weight is 419 g/mol. The van der Waals surface area contributed by atoms with E-state index in [-0.39, 0.29) is 12.6 Å². The Bertz CT molecular complexity index is 1130. The van der Waals surface area contributed by atoms with E-state index in [1.165, 1.54) is 4.90 Å². The van der Waals surface area contributed by atoms with Crippen LogP contribution in [0.25, 0.3) is 16.5 Å². The first kappa shape index (κ1) is 20.5. The molecule has 2 N–H and O–H groups in total. The maximum absolute atomic E-state index is 13.0. The number of carbonyl (C=O) groups excluding carboxylic acids is 2. The molecule has 3 aromatic rings. The zero-order valence-electron chi connectivity index (χ0n) is 17.6. The number of carbonyl (C=O) groups is 2. The second-order valence-electron chi connectivity index (χ2n) is 7.12. The van der Waals surface area contributed by atoms with Crippen molar-refractivity contribution < 1.29 is 19.1 Å². The molecular weight excluding hydrogens is 394 g/mol. The number of nitrogens with one attached hydrogen (secondary N) is 2. The minimum Gasteiger partial charge on any atom is -0.494 e. The van der Waals surface area contributed by atoms with Gasteiger partial charge in [0.2, 0.25) is 0 Å². The van der Waals surface area contributed by atoms with Gasteiger partial charge in [-0.3, -0.25) is 4.90 Å². The Kier molecular flexibility index (Phi) is 5.93. The van der Waals surface area contributed by atoms with Gasteiger partial charge >= 0.3 is 12.0 Å². The fraction of sp³-hybridized carbons (Fsp3) is 0.250. The summed E-state index contributed by atoms with van der Waals surface area (Å²) in [7, 11) is 0. The number of rotatable bonds is 5. The van der Waals surface area contributed by atoms with Crippen LogP contribution in [0.1, 0.15) is 25.1 Å². The number of esters is 1. The van der Waals surface area contributed by atoms with E-state index in [9.17, 15) is 9.59 Å². The summed E-state index contributed by atoms with van der Waals surface area (Å²) in [4.78, 5) is 30.6. The number of H-pyrrole nitrogens is 1. The van der Waals surface area contributed by atoms with Gasteiger partial charge in [0, 0.05) is 29.3 Å². The van der Waals surface area contributed by atoms with E-state index in [1.54, 1.807) is 37.4 Å². The zero-order chi connectivity index (χ0) is 21.8. The molecule has 1 aliphatic heterocycles. The highest BCUT2D eigenvalue weighted by atomic mass is 16.5. The van der Waals surface area contributed by atoms with E-state index in [2.05, 4.69) is 10.3 Å². The highest BCUT2D eigenvalue weighted by Crippen LogP contribution is 2.31. The Balaban J connectivity index is 1.63. The van der Waals surface area contributed by atoms with Crippen molar-refractivity contribution >= 4 is 34.2 Å². The molecule has 7 nitrogen and oxygen atoms in total. The number of anilines is 1. The molecule has 0 fully saturated rings. The van der Waals surface area contributed by atoms with Crippen LogP contribution in [-0.2, 0) is 16.0 Å². The second-order valence-corrected chi connectivity index (χ2v) is 7.12. The van der Waals surface area contributed by atoms with Crippen molar-refractivity contribution in [3.05, 3.63) is 66.0 Å². The van der Waals surface area contributed by atoms with Crippen molar-refractivity contribution in [2.75, 3.05) is 25.1 Å². The molecule has 1 aromatic heterocycles. The molecule has 0 unspecified atom stereocenters. The molecular formula is C24H25N3O4. The summed E-state index contributed by atoms with van der Waals surface area (Å²) in [5.74, 6) is 0.279. The fourth-order valence-corrected chi connectivity index (χ4v) is 3.73. The second kappa shape index (κ2) is 8.95. The van der Waals surface area contributed by atoms with E-state index in [0.717, 1.165) is 22.2 Å². The number of aromatic amines is 1. The maximum atomic E-state index is 13.0. The van der Waals surface area contributed by atoms with Crippen LogP contribution in [0.4, 0.5) is 10.5 Å². The molecule has 0 radical (unpaired) electrons. The van der Waals surface area contributed by atoms with E-state index < -0.39 is 5.97 Å². The van der Waals surface area contributed by atoms with Gasteiger partial charge in [-0.25, -0.2) is 9.59 Å². The topological polar surface area (TPSA) is 83.7 Å². The van der Waals surface area contributed by atoms with Crippen LogP contribution in [0.2, 0.25) is 0 Å². The molecule has 0 aliphatic carbocycles. The van der Waals surface area contributed by atoms with E-state index >= 15 is 0 Å². The van der Waals surface area contributed by atoms with Crippen molar-refractivity contribution in [1.29, 1.82) is 0 Å². The molecule has 1 aliphatic rings. The minimum absolute atomic E-state index is 0.254. The fourth-order valence-electron chi connectivity index (χ4n) is 3.73.